The van der Waals surface area contributed by atoms with Gasteiger partial charge in [0.2, 0.25) is 5.91 Å². The van der Waals surface area contributed by atoms with Crippen molar-refractivity contribution in [1.29, 1.82) is 0 Å². The fraction of sp³-hybridized carbons (Fsp3) is 0.471. The smallest absolute Gasteiger partial charge is 0.345 e. The van der Waals surface area contributed by atoms with Crippen LogP contribution in [0.1, 0.15) is 30.0 Å². The van der Waals surface area contributed by atoms with Crippen LogP contribution in [0.5, 0.6) is 0 Å². The zero-order chi connectivity index (χ0) is 17.9. The van der Waals surface area contributed by atoms with E-state index in [0.717, 1.165) is 25.0 Å². The van der Waals surface area contributed by atoms with Crippen molar-refractivity contribution in [3.63, 3.8) is 0 Å². The predicted molar refractivity (Wildman–Crippen MR) is 82.7 cm³/mol. The molecule has 0 bridgehead atoms. The molecule has 1 N–H and O–H groups in total. The molecule has 1 aromatic carbocycles. The lowest BCUT2D eigenvalue weighted by molar-refractivity contribution is -0.140. The second-order valence-corrected chi connectivity index (χ2v) is 6.23. The fourth-order valence-electron chi connectivity index (χ4n) is 2.43. The predicted octanol–water partition coefficient (Wildman–Crippen LogP) is 3.53. The first-order chi connectivity index (χ1) is 11.2. The highest BCUT2D eigenvalue weighted by molar-refractivity contribution is 5.87. The van der Waals surface area contributed by atoms with Gasteiger partial charge in [-0.2, -0.15) is 13.2 Å². The normalized spacial score (nSPS) is 16.6. The molecule has 1 atom stereocenters. The Hall–Kier alpha value is -1.89. The largest absolute Gasteiger partial charge is 0.419 e. The van der Waals surface area contributed by atoms with E-state index in [1.165, 1.54) is 12.1 Å². The highest BCUT2D eigenvalue weighted by Crippen LogP contribution is 2.42. The van der Waals surface area contributed by atoms with Gasteiger partial charge in [-0.25, -0.2) is 4.39 Å². The summed E-state index contributed by atoms with van der Waals surface area (Å²) in [5.41, 5.74) is -1.02. The summed E-state index contributed by atoms with van der Waals surface area (Å²) in [6.45, 7) is 0.580. The fourth-order valence-corrected chi connectivity index (χ4v) is 2.43. The van der Waals surface area contributed by atoms with E-state index < -0.39 is 23.6 Å². The number of halogens is 4. The van der Waals surface area contributed by atoms with Crippen LogP contribution in [-0.2, 0) is 11.0 Å². The quantitative estimate of drug-likeness (QED) is 0.632. The molecule has 0 radical (unpaired) electrons. The molecule has 3 nitrogen and oxygen atoms in total. The average molecular weight is 344 g/mol. The maximum Gasteiger partial charge on any atom is 0.419 e. The van der Waals surface area contributed by atoms with Crippen LogP contribution in [0.2, 0.25) is 0 Å². The third-order valence-electron chi connectivity index (χ3n) is 3.79. The van der Waals surface area contributed by atoms with Gasteiger partial charge in [0.1, 0.15) is 5.82 Å². The molecule has 1 aromatic rings. The van der Waals surface area contributed by atoms with Gasteiger partial charge in [0.15, 0.2) is 0 Å². The van der Waals surface area contributed by atoms with Gasteiger partial charge in [0.05, 0.1) is 11.6 Å². The molecule has 0 aromatic heterocycles. The third kappa shape index (κ3) is 5.06. The van der Waals surface area contributed by atoms with E-state index in [2.05, 4.69) is 5.32 Å². The van der Waals surface area contributed by atoms with Crippen molar-refractivity contribution in [2.24, 2.45) is 5.92 Å². The Bertz CT molecular complexity index is 622. The maximum atomic E-state index is 13.4. The molecule has 1 aliphatic rings. The van der Waals surface area contributed by atoms with Crippen LogP contribution >= 0.6 is 0 Å². The second-order valence-electron chi connectivity index (χ2n) is 6.23. The summed E-state index contributed by atoms with van der Waals surface area (Å²) in [5, 5.41) is 2.73. The van der Waals surface area contributed by atoms with Crippen molar-refractivity contribution in [3.05, 3.63) is 47.3 Å². The molecule has 132 valence electrons. The number of amides is 1. The monoisotopic (exact) mass is 344 g/mol. The van der Waals surface area contributed by atoms with Crippen molar-refractivity contribution >= 4 is 5.91 Å². The van der Waals surface area contributed by atoms with E-state index in [1.807, 2.05) is 19.0 Å². The molecule has 1 amide bonds. The molecule has 0 spiro atoms. The molecule has 2 rings (SSSR count). The molecule has 24 heavy (non-hydrogen) atoms. The average Bonchev–Trinajstić information content (AvgIpc) is 3.28. The Balaban J connectivity index is 2.17. The molecule has 1 aliphatic carbocycles. The number of carbonyl (C=O) groups excluding carboxylic acids is 1. The molecule has 0 aliphatic heterocycles. The SMILES string of the molecule is CN(C)C/C=C/C(=O)NC(c1ccc(F)c(C(F)(F)F)c1)C1CC1. The lowest BCUT2D eigenvalue weighted by atomic mass is 9.99. The van der Waals surface area contributed by atoms with Crippen LogP contribution in [0.3, 0.4) is 0 Å². The lowest BCUT2D eigenvalue weighted by Gasteiger charge is -2.19. The highest BCUT2D eigenvalue weighted by atomic mass is 19.4. The minimum Gasteiger partial charge on any atom is -0.345 e. The first-order valence-electron chi connectivity index (χ1n) is 7.67. The van der Waals surface area contributed by atoms with Gasteiger partial charge >= 0.3 is 6.18 Å². The number of carbonyl (C=O) groups is 1. The van der Waals surface area contributed by atoms with Crippen LogP contribution in [-0.4, -0.2) is 31.4 Å². The minimum atomic E-state index is -4.76. The molecular formula is C17H20F4N2O. The van der Waals surface area contributed by atoms with Gasteiger partial charge in [0.25, 0.3) is 0 Å². The number of nitrogens with zero attached hydrogens (tertiary/aromatic N) is 1. The van der Waals surface area contributed by atoms with E-state index >= 15 is 0 Å². The van der Waals surface area contributed by atoms with Crippen LogP contribution in [0.4, 0.5) is 17.6 Å². The molecule has 1 saturated carbocycles. The first-order valence-corrected chi connectivity index (χ1v) is 7.67. The van der Waals surface area contributed by atoms with Gasteiger partial charge in [0, 0.05) is 12.6 Å². The lowest BCUT2D eigenvalue weighted by Crippen LogP contribution is -2.29. The molecule has 1 unspecified atom stereocenters. The van der Waals surface area contributed by atoms with Crippen molar-refractivity contribution < 1.29 is 22.4 Å². The van der Waals surface area contributed by atoms with Crippen molar-refractivity contribution in [1.82, 2.24) is 10.2 Å². The van der Waals surface area contributed by atoms with Gasteiger partial charge in [-0.05, 0) is 50.6 Å². The van der Waals surface area contributed by atoms with Crippen molar-refractivity contribution in [3.8, 4) is 0 Å². The van der Waals surface area contributed by atoms with E-state index in [-0.39, 0.29) is 17.4 Å². The zero-order valence-electron chi connectivity index (χ0n) is 13.5. The van der Waals surface area contributed by atoms with Crippen LogP contribution < -0.4 is 5.32 Å². The van der Waals surface area contributed by atoms with E-state index in [1.54, 1.807) is 6.08 Å². The van der Waals surface area contributed by atoms with Gasteiger partial charge in [-0.3, -0.25) is 4.79 Å². The topological polar surface area (TPSA) is 32.3 Å². The standard InChI is InChI=1S/C17H20F4N2O/c1-23(2)9-3-4-15(24)22-16(11-5-6-11)12-7-8-14(18)13(10-12)17(19,20)21/h3-4,7-8,10-11,16H,5-6,9H2,1-2H3,(H,22,24)/b4-3+. The molecule has 7 heteroatoms. The van der Waals surface area contributed by atoms with Crippen molar-refractivity contribution in [2.45, 2.75) is 25.1 Å². The highest BCUT2D eigenvalue weighted by Gasteiger charge is 2.37. The summed E-state index contributed by atoms with van der Waals surface area (Å²) in [6.07, 6.45) is -0.0747. The van der Waals surface area contributed by atoms with E-state index in [9.17, 15) is 22.4 Å². The number of likely N-dealkylation sites (N-methyl/N-ethyl adjacent to an activating group) is 1. The Morgan fingerprint density at radius 2 is 2.04 bits per heavy atom. The summed E-state index contributed by atoms with van der Waals surface area (Å²) < 4.78 is 52.0. The van der Waals surface area contributed by atoms with Crippen LogP contribution in [0.15, 0.2) is 30.4 Å². The second kappa shape index (κ2) is 7.34. The third-order valence-corrected chi connectivity index (χ3v) is 3.79. The number of rotatable bonds is 6. The molecule has 0 saturated heterocycles. The molecular weight excluding hydrogens is 324 g/mol. The van der Waals surface area contributed by atoms with E-state index in [4.69, 9.17) is 0 Å². The summed E-state index contributed by atoms with van der Waals surface area (Å²) >= 11 is 0. The Morgan fingerprint density at radius 1 is 1.38 bits per heavy atom. The molecule has 0 heterocycles. The summed E-state index contributed by atoms with van der Waals surface area (Å²) in [6, 6.07) is 2.37. The van der Waals surface area contributed by atoms with Crippen LogP contribution in [0, 0.1) is 11.7 Å². The maximum absolute atomic E-state index is 13.4. The number of hydrogen-bond acceptors (Lipinski definition) is 2. The van der Waals surface area contributed by atoms with Gasteiger partial charge in [-0.15, -0.1) is 0 Å². The van der Waals surface area contributed by atoms with Gasteiger partial charge < -0.3 is 10.2 Å². The van der Waals surface area contributed by atoms with Crippen molar-refractivity contribution in [2.75, 3.05) is 20.6 Å². The Kier molecular flexibility index (Phi) is 5.64. The zero-order valence-corrected chi connectivity index (χ0v) is 13.5. The van der Waals surface area contributed by atoms with Crippen LogP contribution in [0.25, 0.3) is 0 Å². The Morgan fingerprint density at radius 3 is 2.58 bits per heavy atom. The number of nitrogens with one attached hydrogen (secondary N) is 1. The Labute approximate surface area is 138 Å². The first kappa shape index (κ1) is 18.4. The number of hydrogen-bond donors (Lipinski definition) is 1. The number of benzene rings is 1. The minimum absolute atomic E-state index is 0.0859. The summed E-state index contributed by atoms with van der Waals surface area (Å²) in [7, 11) is 3.71. The van der Waals surface area contributed by atoms with E-state index in [0.29, 0.717) is 6.54 Å². The molecule has 1 fully saturated rings. The van der Waals surface area contributed by atoms with Gasteiger partial charge in [-0.1, -0.05) is 12.1 Å². The summed E-state index contributed by atoms with van der Waals surface area (Å²) in [5.74, 6) is -1.59. The summed E-state index contributed by atoms with van der Waals surface area (Å²) in [4.78, 5) is 13.8. The number of alkyl halides is 3.